The Labute approximate surface area is 381 Å². The van der Waals surface area contributed by atoms with Gasteiger partial charge in [-0.15, -0.1) is 0 Å². The Morgan fingerprint density at radius 2 is 0.431 bits per heavy atom. The molecule has 0 saturated carbocycles. The molecule has 0 heterocycles. The molecule has 0 aliphatic carbocycles. The summed E-state index contributed by atoms with van der Waals surface area (Å²) in [6.07, 6.45) is 0. The van der Waals surface area contributed by atoms with Gasteiger partial charge in [0.2, 0.25) is 0 Å². The van der Waals surface area contributed by atoms with Crippen molar-refractivity contribution in [2.75, 3.05) is 4.90 Å². The lowest BCUT2D eigenvalue weighted by atomic mass is 9.78. The number of hydrogen-bond acceptors (Lipinski definition) is 1. The Hall–Kier alpha value is -8.52. The van der Waals surface area contributed by atoms with Crippen molar-refractivity contribution >= 4 is 27.8 Å². The monoisotopic (exact) mass is 827 g/mol. The van der Waals surface area contributed by atoms with Gasteiger partial charge in [0.25, 0.3) is 0 Å². The second kappa shape index (κ2) is 17.7. The Morgan fingerprint density at radius 1 is 0.169 bits per heavy atom. The number of rotatable bonds is 10. The number of nitrogens with zero attached hydrogens (tertiary/aromatic N) is 1. The summed E-state index contributed by atoms with van der Waals surface area (Å²) >= 11 is 0. The molecule has 0 bridgehead atoms. The SMILES string of the molecule is c1ccc(-c2ccc(N(c3ccccc3)c3ccc(-c4ccc(-c5ccc6c(-c7ccccc7)c(-c7ccccc7)c(-c7ccccc7)c(-c7ccccc7)c6c5)cc4)cc3)cc2)cc1. The van der Waals surface area contributed by atoms with E-state index in [-0.39, 0.29) is 0 Å². The van der Waals surface area contributed by atoms with Gasteiger partial charge in [-0.05, 0) is 131 Å². The van der Waals surface area contributed by atoms with E-state index in [1.807, 2.05) is 0 Å². The van der Waals surface area contributed by atoms with E-state index in [0.717, 1.165) is 17.1 Å². The third-order valence-electron chi connectivity index (χ3n) is 12.5. The molecule has 11 rings (SSSR count). The van der Waals surface area contributed by atoms with Crippen molar-refractivity contribution in [1.82, 2.24) is 0 Å². The van der Waals surface area contributed by atoms with Crippen molar-refractivity contribution in [1.29, 1.82) is 0 Å². The van der Waals surface area contributed by atoms with Crippen LogP contribution in [0.4, 0.5) is 17.1 Å². The van der Waals surface area contributed by atoms with Gasteiger partial charge in [-0.2, -0.15) is 0 Å². The van der Waals surface area contributed by atoms with Crippen LogP contribution in [0.2, 0.25) is 0 Å². The average Bonchev–Trinajstić information content (AvgIpc) is 3.40. The number of anilines is 3. The molecule has 0 amide bonds. The molecule has 1 heteroatoms. The van der Waals surface area contributed by atoms with E-state index in [1.54, 1.807) is 0 Å². The number of hydrogen-bond donors (Lipinski definition) is 0. The van der Waals surface area contributed by atoms with Crippen LogP contribution in [0, 0.1) is 0 Å². The van der Waals surface area contributed by atoms with E-state index in [0.29, 0.717) is 0 Å². The molecular formula is C64H45N. The van der Waals surface area contributed by atoms with E-state index in [9.17, 15) is 0 Å². The summed E-state index contributed by atoms with van der Waals surface area (Å²) in [5, 5.41) is 2.45. The van der Waals surface area contributed by atoms with Crippen LogP contribution in [-0.4, -0.2) is 0 Å². The molecule has 0 N–H and O–H groups in total. The highest BCUT2D eigenvalue weighted by molar-refractivity contribution is 6.18. The molecule has 0 aromatic heterocycles. The Balaban J connectivity index is 1.00. The van der Waals surface area contributed by atoms with Crippen molar-refractivity contribution < 1.29 is 0 Å². The largest absolute Gasteiger partial charge is 0.311 e. The molecule has 306 valence electrons. The number of fused-ring (bicyclic) bond motifs is 1. The topological polar surface area (TPSA) is 3.24 Å². The van der Waals surface area contributed by atoms with Crippen LogP contribution in [0.3, 0.4) is 0 Å². The minimum atomic E-state index is 1.11. The van der Waals surface area contributed by atoms with Crippen LogP contribution >= 0.6 is 0 Å². The standard InChI is InChI=1S/C64H45N/c1-7-19-46(20-8-1)48-35-40-57(41-36-48)65(56-29-17-6-18-30-56)58-42-37-49(38-43-58)47-31-33-50(34-32-47)55-39-44-59-60(45-55)62(52-23-11-3-12-24-52)64(54-27-15-5-16-28-54)63(53-25-13-4-14-26-53)61(59)51-21-9-2-10-22-51/h1-45H. The van der Waals surface area contributed by atoms with E-state index in [4.69, 9.17) is 0 Å². The van der Waals surface area contributed by atoms with E-state index in [1.165, 1.54) is 88.7 Å². The predicted octanol–water partition coefficient (Wildman–Crippen LogP) is 18.0. The highest BCUT2D eigenvalue weighted by atomic mass is 15.1. The van der Waals surface area contributed by atoms with Gasteiger partial charge in [0.15, 0.2) is 0 Å². The van der Waals surface area contributed by atoms with Crippen LogP contribution in [0.5, 0.6) is 0 Å². The first-order valence-corrected chi connectivity index (χ1v) is 22.3. The van der Waals surface area contributed by atoms with Gasteiger partial charge in [-0.3, -0.25) is 0 Å². The minimum absolute atomic E-state index is 1.11. The number of para-hydroxylation sites is 1. The Morgan fingerprint density at radius 3 is 0.831 bits per heavy atom. The zero-order valence-electron chi connectivity index (χ0n) is 35.9. The van der Waals surface area contributed by atoms with E-state index < -0.39 is 0 Å². The Kier molecular flexibility index (Phi) is 10.7. The predicted molar refractivity (Wildman–Crippen MR) is 277 cm³/mol. The fraction of sp³-hybridized carbons (Fsp3) is 0. The molecule has 0 aliphatic heterocycles. The van der Waals surface area contributed by atoms with Gasteiger partial charge in [-0.25, -0.2) is 0 Å². The molecule has 0 spiro atoms. The van der Waals surface area contributed by atoms with Gasteiger partial charge in [0.05, 0.1) is 0 Å². The van der Waals surface area contributed by atoms with Crippen LogP contribution in [-0.2, 0) is 0 Å². The second-order valence-corrected chi connectivity index (χ2v) is 16.4. The van der Waals surface area contributed by atoms with Gasteiger partial charge < -0.3 is 4.90 Å². The summed E-state index contributed by atoms with van der Waals surface area (Å²) in [7, 11) is 0. The van der Waals surface area contributed by atoms with Crippen LogP contribution in [0.1, 0.15) is 0 Å². The highest BCUT2D eigenvalue weighted by Crippen LogP contribution is 2.51. The second-order valence-electron chi connectivity index (χ2n) is 16.4. The molecule has 0 aliphatic rings. The van der Waals surface area contributed by atoms with Gasteiger partial charge >= 0.3 is 0 Å². The van der Waals surface area contributed by atoms with Crippen molar-refractivity contribution in [3.8, 4) is 77.9 Å². The fourth-order valence-electron chi connectivity index (χ4n) is 9.38. The van der Waals surface area contributed by atoms with Gasteiger partial charge in [-0.1, -0.05) is 231 Å². The number of benzene rings is 11. The summed E-state index contributed by atoms with van der Waals surface area (Å²) < 4.78 is 0. The first kappa shape index (κ1) is 39.3. The summed E-state index contributed by atoms with van der Waals surface area (Å²) in [6.45, 7) is 0. The first-order valence-electron chi connectivity index (χ1n) is 22.3. The zero-order valence-corrected chi connectivity index (χ0v) is 35.9. The third kappa shape index (κ3) is 7.82. The molecule has 65 heavy (non-hydrogen) atoms. The van der Waals surface area contributed by atoms with Crippen LogP contribution in [0.15, 0.2) is 273 Å². The molecule has 11 aromatic rings. The maximum Gasteiger partial charge on any atom is 0.0462 e. The average molecular weight is 828 g/mol. The zero-order chi connectivity index (χ0) is 43.4. The molecule has 0 fully saturated rings. The molecular weight excluding hydrogens is 783 g/mol. The normalized spacial score (nSPS) is 11.1. The highest BCUT2D eigenvalue weighted by Gasteiger charge is 2.24. The minimum Gasteiger partial charge on any atom is -0.311 e. The molecule has 0 saturated heterocycles. The summed E-state index contributed by atoms with van der Waals surface area (Å²) in [5.74, 6) is 0. The first-order chi connectivity index (χ1) is 32.3. The van der Waals surface area contributed by atoms with E-state index >= 15 is 0 Å². The maximum absolute atomic E-state index is 2.42. The van der Waals surface area contributed by atoms with Crippen LogP contribution < -0.4 is 4.90 Å². The molecule has 0 atom stereocenters. The van der Waals surface area contributed by atoms with E-state index in [2.05, 4.69) is 278 Å². The summed E-state index contributed by atoms with van der Waals surface area (Å²) in [4.78, 5) is 2.32. The third-order valence-corrected chi connectivity index (χ3v) is 12.5. The molecule has 0 radical (unpaired) electrons. The van der Waals surface area contributed by atoms with Crippen LogP contribution in [0.25, 0.3) is 88.7 Å². The van der Waals surface area contributed by atoms with Gasteiger partial charge in [0, 0.05) is 17.1 Å². The van der Waals surface area contributed by atoms with Crippen molar-refractivity contribution in [3.05, 3.63) is 273 Å². The van der Waals surface area contributed by atoms with Gasteiger partial charge in [0.1, 0.15) is 0 Å². The van der Waals surface area contributed by atoms with Crippen molar-refractivity contribution in [2.45, 2.75) is 0 Å². The summed E-state index contributed by atoms with van der Waals surface area (Å²) in [5.41, 5.74) is 20.2. The Bertz CT molecular complexity index is 3330. The molecule has 1 nitrogen and oxygen atoms in total. The summed E-state index contributed by atoms with van der Waals surface area (Å²) in [6, 6.07) is 98.7. The smallest absolute Gasteiger partial charge is 0.0462 e. The lowest BCUT2D eigenvalue weighted by molar-refractivity contribution is 1.28. The maximum atomic E-state index is 2.42. The van der Waals surface area contributed by atoms with Crippen molar-refractivity contribution in [3.63, 3.8) is 0 Å². The lowest BCUT2D eigenvalue weighted by Gasteiger charge is -2.26. The molecule has 0 unspecified atom stereocenters. The quantitative estimate of drug-likeness (QED) is 0.133. The van der Waals surface area contributed by atoms with Crippen molar-refractivity contribution in [2.24, 2.45) is 0 Å². The fourth-order valence-corrected chi connectivity index (χ4v) is 9.38. The lowest BCUT2D eigenvalue weighted by Crippen LogP contribution is -2.09. The molecule has 11 aromatic carbocycles.